The van der Waals surface area contributed by atoms with Crippen LogP contribution in [-0.4, -0.2) is 41.6 Å². The lowest BCUT2D eigenvalue weighted by molar-refractivity contribution is -0.145. The third-order valence-electron chi connectivity index (χ3n) is 1.47. The summed E-state index contributed by atoms with van der Waals surface area (Å²) in [7, 11) is 3.30. The van der Waals surface area contributed by atoms with E-state index in [9.17, 15) is 9.59 Å². The maximum absolute atomic E-state index is 11.4. The van der Waals surface area contributed by atoms with Gasteiger partial charge in [0.05, 0.1) is 6.61 Å². The predicted octanol–water partition coefficient (Wildman–Crippen LogP) is 1.74. The Bertz CT molecular complexity index is 226. The van der Waals surface area contributed by atoms with Crippen molar-refractivity contribution in [2.45, 2.75) is 25.5 Å². The number of thioether (sulfide) groups is 1. The fourth-order valence-corrected chi connectivity index (χ4v) is 1.42. The molecule has 0 rings (SSSR count). The molecule has 0 aromatic rings. The van der Waals surface area contributed by atoms with E-state index in [4.69, 9.17) is 4.74 Å². The Morgan fingerprint density at radius 1 is 1.36 bits per heavy atom. The second-order valence-corrected chi connectivity index (χ2v) is 5.07. The lowest BCUT2D eigenvalue weighted by atomic mass is 10.2. The zero-order chi connectivity index (χ0) is 11.4. The molecule has 0 radical (unpaired) electrons. The van der Waals surface area contributed by atoms with Crippen LogP contribution in [0.15, 0.2) is 0 Å². The van der Waals surface area contributed by atoms with E-state index >= 15 is 0 Å². The van der Waals surface area contributed by atoms with Gasteiger partial charge in [-0.15, -0.1) is 0 Å². The second-order valence-electron chi connectivity index (χ2n) is 3.49. The summed E-state index contributed by atoms with van der Waals surface area (Å²) in [6.07, 6.45) is 0. The van der Waals surface area contributed by atoms with Crippen molar-refractivity contribution in [3.8, 4) is 0 Å². The molecule has 0 aromatic carbocycles. The van der Waals surface area contributed by atoms with Crippen molar-refractivity contribution in [3.05, 3.63) is 0 Å². The van der Waals surface area contributed by atoms with E-state index in [0.717, 1.165) is 11.8 Å². The zero-order valence-electron chi connectivity index (χ0n) is 9.29. The summed E-state index contributed by atoms with van der Waals surface area (Å²) in [5, 5.41) is -0.150. The van der Waals surface area contributed by atoms with E-state index in [-0.39, 0.29) is 11.2 Å². The summed E-state index contributed by atoms with van der Waals surface area (Å²) >= 11 is 0.971. The van der Waals surface area contributed by atoms with Crippen molar-refractivity contribution in [2.75, 3.05) is 20.7 Å². The van der Waals surface area contributed by atoms with Crippen LogP contribution in [0.25, 0.3) is 0 Å². The van der Waals surface area contributed by atoms with Crippen molar-refractivity contribution < 1.29 is 14.3 Å². The normalized spacial score (nSPS) is 10.9. The molecule has 1 amide bonds. The van der Waals surface area contributed by atoms with Crippen LogP contribution in [0.2, 0.25) is 0 Å². The molecule has 0 saturated heterocycles. The van der Waals surface area contributed by atoms with Gasteiger partial charge in [0.25, 0.3) is 5.24 Å². The Balaban J connectivity index is 4.33. The van der Waals surface area contributed by atoms with Gasteiger partial charge in [0.1, 0.15) is 4.75 Å². The quantitative estimate of drug-likeness (QED) is 0.678. The molecule has 0 fully saturated rings. The van der Waals surface area contributed by atoms with E-state index in [2.05, 4.69) is 0 Å². The molecule has 0 heterocycles. The lowest BCUT2D eigenvalue weighted by Gasteiger charge is -2.22. The van der Waals surface area contributed by atoms with Crippen molar-refractivity contribution in [1.29, 1.82) is 0 Å². The number of hydrogen-bond acceptors (Lipinski definition) is 4. The van der Waals surface area contributed by atoms with Gasteiger partial charge in [0.2, 0.25) is 0 Å². The van der Waals surface area contributed by atoms with Crippen molar-refractivity contribution >= 4 is 23.0 Å². The van der Waals surface area contributed by atoms with Gasteiger partial charge in [-0.2, -0.15) is 0 Å². The van der Waals surface area contributed by atoms with Crippen LogP contribution in [0.4, 0.5) is 4.79 Å². The highest BCUT2D eigenvalue weighted by Gasteiger charge is 2.33. The molecule has 0 bridgehead atoms. The molecule has 0 saturated carbocycles. The number of ether oxygens (including phenoxy) is 1. The van der Waals surface area contributed by atoms with Gasteiger partial charge in [-0.05, 0) is 32.5 Å². The molecule has 4 nitrogen and oxygen atoms in total. The van der Waals surface area contributed by atoms with E-state index in [1.54, 1.807) is 34.9 Å². The topological polar surface area (TPSA) is 46.6 Å². The van der Waals surface area contributed by atoms with Crippen molar-refractivity contribution in [3.63, 3.8) is 0 Å². The minimum absolute atomic E-state index is 0.150. The fraction of sp³-hybridized carbons (Fsp3) is 0.778. The highest BCUT2D eigenvalue weighted by molar-refractivity contribution is 8.15. The number of esters is 1. The standard InChI is InChI=1S/C9H17NO3S/c1-6-13-7(11)9(2,3)14-8(12)10(4)5/h6H2,1-5H3. The molecule has 5 heteroatoms. The first-order chi connectivity index (χ1) is 6.31. The zero-order valence-corrected chi connectivity index (χ0v) is 10.1. The van der Waals surface area contributed by atoms with E-state index in [0.29, 0.717) is 6.61 Å². The van der Waals surface area contributed by atoms with E-state index in [1.165, 1.54) is 4.90 Å². The minimum Gasteiger partial charge on any atom is -0.465 e. The van der Waals surface area contributed by atoms with Gasteiger partial charge in [0, 0.05) is 14.1 Å². The van der Waals surface area contributed by atoms with Gasteiger partial charge in [0.15, 0.2) is 0 Å². The molecular formula is C9H17NO3S. The maximum Gasteiger partial charge on any atom is 0.322 e. The molecule has 82 valence electrons. The molecule has 0 aromatic heterocycles. The maximum atomic E-state index is 11.4. The highest BCUT2D eigenvalue weighted by atomic mass is 32.2. The molecule has 14 heavy (non-hydrogen) atoms. The summed E-state index contributed by atoms with van der Waals surface area (Å²) < 4.78 is 4.03. The van der Waals surface area contributed by atoms with Crippen LogP contribution in [0.1, 0.15) is 20.8 Å². The van der Waals surface area contributed by atoms with Gasteiger partial charge < -0.3 is 9.64 Å². The third kappa shape index (κ3) is 4.00. The number of carbonyl (C=O) groups is 2. The van der Waals surface area contributed by atoms with E-state index < -0.39 is 4.75 Å². The van der Waals surface area contributed by atoms with Crippen LogP contribution in [0, 0.1) is 0 Å². The molecule has 0 aliphatic carbocycles. The molecular weight excluding hydrogens is 202 g/mol. The van der Waals surface area contributed by atoms with E-state index in [1.807, 2.05) is 0 Å². The van der Waals surface area contributed by atoms with Gasteiger partial charge in [-0.3, -0.25) is 9.59 Å². The summed E-state index contributed by atoms with van der Waals surface area (Å²) in [5.74, 6) is -0.361. The second kappa shape index (κ2) is 5.24. The monoisotopic (exact) mass is 219 g/mol. The first-order valence-corrected chi connectivity index (χ1v) is 5.20. The summed E-state index contributed by atoms with van der Waals surface area (Å²) in [4.78, 5) is 24.2. The molecule has 0 atom stereocenters. The highest BCUT2D eigenvalue weighted by Crippen LogP contribution is 2.27. The average Bonchev–Trinajstić information content (AvgIpc) is 2.03. The Hall–Kier alpha value is -0.710. The minimum atomic E-state index is -0.822. The molecule has 0 aliphatic rings. The Labute approximate surface area is 89.0 Å². The fourth-order valence-electron chi connectivity index (χ4n) is 0.656. The van der Waals surface area contributed by atoms with Crippen LogP contribution in [0.5, 0.6) is 0 Å². The number of nitrogens with zero attached hydrogens (tertiary/aromatic N) is 1. The summed E-state index contributed by atoms with van der Waals surface area (Å²) in [5.41, 5.74) is 0. The van der Waals surface area contributed by atoms with Crippen LogP contribution >= 0.6 is 11.8 Å². The first kappa shape index (κ1) is 13.3. The molecule has 0 N–H and O–H groups in total. The number of carbonyl (C=O) groups excluding carboxylic acids is 2. The Morgan fingerprint density at radius 2 is 1.86 bits per heavy atom. The van der Waals surface area contributed by atoms with Gasteiger partial charge in [-0.1, -0.05) is 0 Å². The average molecular weight is 219 g/mol. The SMILES string of the molecule is CCOC(=O)C(C)(C)SC(=O)N(C)C. The molecule has 0 spiro atoms. The summed E-state index contributed by atoms with van der Waals surface area (Å²) in [6.45, 7) is 5.43. The van der Waals surface area contributed by atoms with Gasteiger partial charge >= 0.3 is 5.97 Å². The smallest absolute Gasteiger partial charge is 0.322 e. The molecule has 0 aliphatic heterocycles. The Kier molecular flexibility index (Phi) is 4.97. The van der Waals surface area contributed by atoms with Crippen molar-refractivity contribution in [2.24, 2.45) is 0 Å². The van der Waals surface area contributed by atoms with Crippen LogP contribution in [-0.2, 0) is 9.53 Å². The van der Waals surface area contributed by atoms with Gasteiger partial charge in [-0.25, -0.2) is 0 Å². The number of hydrogen-bond donors (Lipinski definition) is 0. The van der Waals surface area contributed by atoms with Crippen LogP contribution in [0.3, 0.4) is 0 Å². The largest absolute Gasteiger partial charge is 0.465 e. The third-order valence-corrected chi connectivity index (χ3v) is 2.69. The van der Waals surface area contributed by atoms with Crippen molar-refractivity contribution in [1.82, 2.24) is 4.90 Å². The predicted molar refractivity (Wildman–Crippen MR) is 57.4 cm³/mol. The van der Waals surface area contributed by atoms with Crippen LogP contribution < -0.4 is 0 Å². The first-order valence-electron chi connectivity index (χ1n) is 4.38. The molecule has 0 unspecified atom stereocenters. The lowest BCUT2D eigenvalue weighted by Crippen LogP contribution is -2.33. The number of amides is 1. The Morgan fingerprint density at radius 3 is 2.21 bits per heavy atom. The summed E-state index contributed by atoms with van der Waals surface area (Å²) in [6, 6.07) is 0. The number of rotatable bonds is 3.